The summed E-state index contributed by atoms with van der Waals surface area (Å²) in [6.45, 7) is 11.2. The maximum Gasteiger partial charge on any atom is 0.0797 e. The molecule has 0 aromatic carbocycles. The van der Waals surface area contributed by atoms with Crippen LogP contribution in [-0.4, -0.2) is 14.9 Å². The van der Waals surface area contributed by atoms with Gasteiger partial charge in [-0.1, -0.05) is 26.7 Å². The highest BCUT2D eigenvalue weighted by Gasteiger charge is 2.16. The average molecular weight is 224 g/mol. The van der Waals surface area contributed by atoms with E-state index in [9.17, 15) is 5.11 Å². The van der Waals surface area contributed by atoms with Gasteiger partial charge in [0.15, 0.2) is 0 Å². The molecule has 3 nitrogen and oxygen atoms in total. The second kappa shape index (κ2) is 5.48. The van der Waals surface area contributed by atoms with Gasteiger partial charge in [0, 0.05) is 17.8 Å². The molecule has 1 aromatic heterocycles. The minimum Gasteiger partial charge on any atom is -0.389 e. The Kier molecular flexibility index (Phi) is 4.54. The lowest BCUT2D eigenvalue weighted by Crippen LogP contribution is -2.12. The number of aromatic nitrogens is 2. The van der Waals surface area contributed by atoms with Crippen molar-refractivity contribution in [2.75, 3.05) is 0 Å². The average Bonchev–Trinajstić information content (AvgIpc) is 2.50. The van der Waals surface area contributed by atoms with Gasteiger partial charge in [0.2, 0.25) is 0 Å². The van der Waals surface area contributed by atoms with Crippen LogP contribution in [0.25, 0.3) is 0 Å². The molecule has 0 aliphatic carbocycles. The van der Waals surface area contributed by atoms with E-state index in [4.69, 9.17) is 0 Å². The number of aliphatic hydroxyl groups excluding tert-OH is 1. The van der Waals surface area contributed by atoms with Gasteiger partial charge in [-0.2, -0.15) is 5.10 Å². The van der Waals surface area contributed by atoms with Crippen LogP contribution in [0, 0.1) is 19.8 Å². The number of aryl methyl sites for hydroxylation is 1. The summed E-state index contributed by atoms with van der Waals surface area (Å²) in [5, 5.41) is 14.2. The zero-order chi connectivity index (χ0) is 12.3. The van der Waals surface area contributed by atoms with E-state index in [1.165, 1.54) is 12.8 Å². The van der Waals surface area contributed by atoms with Gasteiger partial charge in [-0.3, -0.25) is 4.68 Å². The molecule has 1 heterocycles. The van der Waals surface area contributed by atoms with Gasteiger partial charge < -0.3 is 5.11 Å². The third-order valence-corrected chi connectivity index (χ3v) is 3.44. The molecular formula is C13H24N2O. The molecule has 16 heavy (non-hydrogen) atoms. The van der Waals surface area contributed by atoms with E-state index in [0.717, 1.165) is 23.5 Å². The summed E-state index contributed by atoms with van der Waals surface area (Å²) in [4.78, 5) is 0. The summed E-state index contributed by atoms with van der Waals surface area (Å²) in [7, 11) is 0. The van der Waals surface area contributed by atoms with E-state index in [1.807, 2.05) is 13.8 Å². The molecule has 0 aliphatic rings. The molecular weight excluding hydrogens is 200 g/mol. The first-order valence-corrected chi connectivity index (χ1v) is 6.23. The molecule has 1 N–H and O–H groups in total. The highest BCUT2D eigenvalue weighted by molar-refractivity contribution is 5.26. The van der Waals surface area contributed by atoms with Crippen molar-refractivity contribution >= 4 is 0 Å². The first-order valence-electron chi connectivity index (χ1n) is 6.23. The van der Waals surface area contributed by atoms with Crippen LogP contribution in [-0.2, 0) is 6.54 Å². The van der Waals surface area contributed by atoms with Gasteiger partial charge >= 0.3 is 0 Å². The molecule has 3 heteroatoms. The van der Waals surface area contributed by atoms with Crippen LogP contribution >= 0.6 is 0 Å². The normalized spacial score (nSPS) is 13.4. The fourth-order valence-corrected chi connectivity index (χ4v) is 2.28. The largest absolute Gasteiger partial charge is 0.389 e. The van der Waals surface area contributed by atoms with Crippen LogP contribution in [0.3, 0.4) is 0 Å². The van der Waals surface area contributed by atoms with Crippen molar-refractivity contribution in [1.29, 1.82) is 0 Å². The second-order valence-electron chi connectivity index (χ2n) is 4.63. The maximum absolute atomic E-state index is 9.69. The minimum atomic E-state index is -0.421. The zero-order valence-electron chi connectivity index (χ0n) is 11.1. The van der Waals surface area contributed by atoms with Crippen molar-refractivity contribution in [3.05, 3.63) is 17.0 Å². The number of hydrogen-bond acceptors (Lipinski definition) is 2. The molecule has 0 amide bonds. The minimum absolute atomic E-state index is 0.421. The summed E-state index contributed by atoms with van der Waals surface area (Å²) in [5.41, 5.74) is 3.06. The van der Waals surface area contributed by atoms with Crippen LogP contribution in [0.5, 0.6) is 0 Å². The lowest BCUT2D eigenvalue weighted by atomic mass is 10.0. The van der Waals surface area contributed by atoms with Crippen LogP contribution in [0.1, 0.15) is 56.7 Å². The standard InChI is InChI=1S/C13H24N2O/c1-6-12(7-2)8-15-10(4)13(11(5)16)9(3)14-15/h11-12,16H,6-8H2,1-5H3. The van der Waals surface area contributed by atoms with Crippen molar-refractivity contribution in [1.82, 2.24) is 9.78 Å². The number of aliphatic hydroxyl groups is 1. The fourth-order valence-electron chi connectivity index (χ4n) is 2.28. The predicted molar refractivity (Wildman–Crippen MR) is 66.4 cm³/mol. The maximum atomic E-state index is 9.69. The Morgan fingerprint density at radius 1 is 1.25 bits per heavy atom. The molecule has 1 atom stereocenters. The molecule has 0 saturated carbocycles. The summed E-state index contributed by atoms with van der Waals surface area (Å²) >= 11 is 0. The first kappa shape index (κ1) is 13.2. The highest BCUT2D eigenvalue weighted by atomic mass is 16.3. The molecule has 1 unspecified atom stereocenters. The lowest BCUT2D eigenvalue weighted by molar-refractivity contribution is 0.197. The van der Waals surface area contributed by atoms with Gasteiger partial charge in [-0.25, -0.2) is 0 Å². The highest BCUT2D eigenvalue weighted by Crippen LogP contribution is 2.22. The number of rotatable bonds is 5. The van der Waals surface area contributed by atoms with Gasteiger partial charge in [0.25, 0.3) is 0 Å². The Morgan fingerprint density at radius 2 is 1.81 bits per heavy atom. The third kappa shape index (κ3) is 2.64. The van der Waals surface area contributed by atoms with E-state index < -0.39 is 6.10 Å². The van der Waals surface area contributed by atoms with E-state index in [1.54, 1.807) is 6.92 Å². The van der Waals surface area contributed by atoms with Crippen LogP contribution in [0.4, 0.5) is 0 Å². The Bertz CT molecular complexity index is 338. The van der Waals surface area contributed by atoms with Gasteiger partial charge in [-0.15, -0.1) is 0 Å². The second-order valence-corrected chi connectivity index (χ2v) is 4.63. The summed E-state index contributed by atoms with van der Waals surface area (Å²) in [6.07, 6.45) is 1.94. The lowest BCUT2D eigenvalue weighted by Gasteiger charge is -2.14. The van der Waals surface area contributed by atoms with Gasteiger partial charge in [0.05, 0.1) is 11.8 Å². The molecule has 0 fully saturated rings. The summed E-state index contributed by atoms with van der Waals surface area (Å²) in [5.74, 6) is 0.680. The van der Waals surface area contributed by atoms with Crippen LogP contribution in [0.2, 0.25) is 0 Å². The quantitative estimate of drug-likeness (QED) is 0.835. The SMILES string of the molecule is CCC(CC)Cn1nc(C)c(C(C)O)c1C. The molecule has 0 spiro atoms. The molecule has 0 aliphatic heterocycles. The molecule has 0 saturated heterocycles. The van der Waals surface area contributed by atoms with Crippen molar-refractivity contribution in [2.24, 2.45) is 5.92 Å². The third-order valence-electron chi connectivity index (χ3n) is 3.44. The first-order chi connectivity index (χ1) is 7.51. The topological polar surface area (TPSA) is 38.0 Å². The van der Waals surface area contributed by atoms with E-state index in [2.05, 4.69) is 23.6 Å². The Hall–Kier alpha value is -0.830. The summed E-state index contributed by atoms with van der Waals surface area (Å²) < 4.78 is 2.05. The van der Waals surface area contributed by atoms with E-state index >= 15 is 0 Å². The van der Waals surface area contributed by atoms with Gasteiger partial charge in [0.1, 0.15) is 0 Å². The Labute approximate surface area is 98.5 Å². The van der Waals surface area contributed by atoms with E-state index in [0.29, 0.717) is 5.92 Å². The monoisotopic (exact) mass is 224 g/mol. The van der Waals surface area contributed by atoms with Gasteiger partial charge in [-0.05, 0) is 26.7 Å². The molecule has 0 radical (unpaired) electrons. The van der Waals surface area contributed by atoms with Crippen LogP contribution in [0.15, 0.2) is 0 Å². The van der Waals surface area contributed by atoms with Crippen LogP contribution < -0.4 is 0 Å². The molecule has 1 aromatic rings. The Morgan fingerprint density at radius 3 is 2.19 bits per heavy atom. The zero-order valence-corrected chi connectivity index (χ0v) is 11.1. The van der Waals surface area contributed by atoms with Crippen molar-refractivity contribution < 1.29 is 5.11 Å². The smallest absolute Gasteiger partial charge is 0.0797 e. The fraction of sp³-hybridized carbons (Fsp3) is 0.769. The number of nitrogens with zero attached hydrogens (tertiary/aromatic N) is 2. The molecule has 0 bridgehead atoms. The summed E-state index contributed by atoms with van der Waals surface area (Å²) in [6, 6.07) is 0. The molecule has 1 rings (SSSR count). The van der Waals surface area contributed by atoms with E-state index in [-0.39, 0.29) is 0 Å². The molecule has 92 valence electrons. The Balaban J connectivity index is 2.94. The van der Waals surface area contributed by atoms with Crippen molar-refractivity contribution in [3.8, 4) is 0 Å². The number of hydrogen-bond donors (Lipinski definition) is 1. The van der Waals surface area contributed by atoms with Crippen molar-refractivity contribution in [2.45, 2.75) is 60.1 Å². The van der Waals surface area contributed by atoms with Crippen molar-refractivity contribution in [3.63, 3.8) is 0 Å². The predicted octanol–water partition coefficient (Wildman–Crippen LogP) is 2.99.